The number of nitro groups is 2. The van der Waals surface area contributed by atoms with Gasteiger partial charge in [0.1, 0.15) is 23.7 Å². The van der Waals surface area contributed by atoms with E-state index in [9.17, 15) is 43.6 Å². The molecule has 0 saturated carbocycles. The highest BCUT2D eigenvalue weighted by Gasteiger charge is 2.54. The van der Waals surface area contributed by atoms with E-state index in [4.69, 9.17) is 9.47 Å². The van der Waals surface area contributed by atoms with E-state index >= 15 is 0 Å². The van der Waals surface area contributed by atoms with Crippen LogP contribution in [0.25, 0.3) is 0 Å². The molecule has 15 nitrogen and oxygen atoms in total. The average molecular weight is 631 g/mol. The fourth-order valence-electron chi connectivity index (χ4n) is 4.35. The Morgan fingerprint density at radius 2 is 1.66 bits per heavy atom. The Kier molecular flexibility index (Phi) is 11.4. The summed E-state index contributed by atoms with van der Waals surface area (Å²) >= 11 is 0. The number of rotatable bonds is 14. The minimum atomic E-state index is -1.98. The molecule has 1 fully saturated rings. The number of likely N-dealkylation sites (tertiary alicyclic amines) is 1. The molecule has 2 aromatic carbocycles. The molecule has 1 saturated heterocycles. The van der Waals surface area contributed by atoms with Gasteiger partial charge >= 0.3 is 11.9 Å². The number of para-hydroxylation sites is 1. The number of carbonyl (C=O) groups excluding carboxylic acids is 4. The van der Waals surface area contributed by atoms with E-state index in [0.29, 0.717) is 11.1 Å². The monoisotopic (exact) mass is 630 g/mol. The van der Waals surface area contributed by atoms with Gasteiger partial charge in [0.25, 0.3) is 17.3 Å². The van der Waals surface area contributed by atoms with E-state index in [0.717, 1.165) is 4.90 Å². The van der Waals surface area contributed by atoms with Crippen LogP contribution >= 0.6 is 0 Å². The van der Waals surface area contributed by atoms with Crippen LogP contribution in [0.4, 0.5) is 11.4 Å². The Bertz CT molecular complexity index is 1520. The second kappa shape index (κ2) is 15.0. The maximum Gasteiger partial charge on any atom is 0.355 e. The SMILES string of the molecule is CCOC(=O)CCS(=O)C1C(NC(=O)Cc2ccccc2[N+](=O)[O-])C(=O)N1C(C(=O)OCc1ccc([N+](=O)[O-])cc1)=C(C)C. The normalized spacial score (nSPS) is 16.2. The number of hydrogen-bond donors (Lipinski definition) is 1. The summed E-state index contributed by atoms with van der Waals surface area (Å²) in [6.07, 6.45) is -0.708. The number of nitrogens with one attached hydrogen (secondary N) is 1. The summed E-state index contributed by atoms with van der Waals surface area (Å²) in [6, 6.07) is 9.49. The third kappa shape index (κ3) is 8.09. The Morgan fingerprint density at radius 1 is 1.00 bits per heavy atom. The summed E-state index contributed by atoms with van der Waals surface area (Å²) in [7, 11) is -1.98. The molecule has 44 heavy (non-hydrogen) atoms. The zero-order valence-electron chi connectivity index (χ0n) is 24.0. The number of benzene rings is 2. The maximum absolute atomic E-state index is 13.4. The van der Waals surface area contributed by atoms with Gasteiger partial charge in [-0.2, -0.15) is 0 Å². The molecule has 0 spiro atoms. The molecule has 234 valence electrons. The average Bonchev–Trinajstić information content (AvgIpc) is 2.98. The van der Waals surface area contributed by atoms with Crippen LogP contribution in [0.3, 0.4) is 0 Å². The Labute approximate surface area is 253 Å². The first-order valence-corrected chi connectivity index (χ1v) is 14.7. The molecule has 1 heterocycles. The van der Waals surface area contributed by atoms with E-state index in [2.05, 4.69) is 5.32 Å². The van der Waals surface area contributed by atoms with E-state index in [-0.39, 0.29) is 48.0 Å². The molecule has 16 heteroatoms. The fraction of sp³-hybridized carbons (Fsp3) is 0.357. The standard InChI is InChI=1S/C28H30N4O11S/c1-4-42-23(34)13-14-44(41)27-24(29-22(33)15-19-7-5-6-8-21(19)32(39)40)26(35)30(27)25(17(2)3)28(36)43-16-18-9-11-20(12-10-18)31(37)38/h5-12,24,27H,4,13-16H2,1-3H3,(H,29,33). The number of β-lactam (4-membered cyclic amide) rings is 1. The fourth-order valence-corrected chi connectivity index (χ4v) is 5.89. The minimum Gasteiger partial charge on any atom is -0.466 e. The van der Waals surface area contributed by atoms with Crippen LogP contribution in [-0.2, 0) is 52.5 Å². The first kappa shape index (κ1) is 33.5. The molecular weight excluding hydrogens is 600 g/mol. The second-order valence-corrected chi connectivity index (χ2v) is 11.3. The van der Waals surface area contributed by atoms with Gasteiger partial charge in [-0.3, -0.25) is 43.7 Å². The van der Waals surface area contributed by atoms with Gasteiger partial charge in [0, 0.05) is 40.3 Å². The lowest BCUT2D eigenvalue weighted by atomic mass is 10.0. The van der Waals surface area contributed by atoms with Crippen molar-refractivity contribution in [3.63, 3.8) is 0 Å². The summed E-state index contributed by atoms with van der Waals surface area (Å²) in [5, 5.41) is 23.4. The number of hydrogen-bond acceptors (Lipinski definition) is 11. The van der Waals surface area contributed by atoms with E-state index < -0.39 is 62.2 Å². The molecule has 1 N–H and O–H groups in total. The van der Waals surface area contributed by atoms with Crippen molar-refractivity contribution in [2.45, 2.75) is 51.6 Å². The maximum atomic E-state index is 13.4. The van der Waals surface area contributed by atoms with Crippen molar-refractivity contribution < 1.29 is 42.7 Å². The molecule has 0 bridgehead atoms. The van der Waals surface area contributed by atoms with Crippen LogP contribution in [0.1, 0.15) is 38.3 Å². The van der Waals surface area contributed by atoms with Crippen molar-refractivity contribution in [3.8, 4) is 0 Å². The number of amides is 2. The smallest absolute Gasteiger partial charge is 0.355 e. The van der Waals surface area contributed by atoms with Crippen LogP contribution < -0.4 is 5.32 Å². The van der Waals surface area contributed by atoms with Crippen molar-refractivity contribution in [3.05, 3.63) is 91.2 Å². The number of carbonyl (C=O) groups is 4. The quantitative estimate of drug-likeness (QED) is 0.105. The second-order valence-electron chi connectivity index (χ2n) is 9.69. The summed E-state index contributed by atoms with van der Waals surface area (Å²) in [5.41, 5.74) is 0.181. The third-order valence-corrected chi connectivity index (χ3v) is 8.03. The highest BCUT2D eigenvalue weighted by molar-refractivity contribution is 7.85. The summed E-state index contributed by atoms with van der Waals surface area (Å²) in [6.45, 7) is 4.46. The summed E-state index contributed by atoms with van der Waals surface area (Å²) in [5.74, 6) is -3.37. The van der Waals surface area contributed by atoms with E-state index in [1.165, 1.54) is 62.4 Å². The zero-order valence-corrected chi connectivity index (χ0v) is 24.9. The van der Waals surface area contributed by atoms with Gasteiger partial charge in [0.05, 0.1) is 29.3 Å². The predicted molar refractivity (Wildman–Crippen MR) is 155 cm³/mol. The predicted octanol–water partition coefficient (Wildman–Crippen LogP) is 2.44. The number of non-ortho nitro benzene ring substituents is 1. The molecule has 0 aromatic heterocycles. The lowest BCUT2D eigenvalue weighted by molar-refractivity contribution is -0.385. The molecule has 2 aromatic rings. The molecule has 3 rings (SSSR count). The van der Waals surface area contributed by atoms with E-state index in [1.807, 2.05) is 0 Å². The number of nitrogens with zero attached hydrogens (tertiary/aromatic N) is 3. The van der Waals surface area contributed by atoms with Gasteiger partial charge in [-0.05, 0) is 44.0 Å². The van der Waals surface area contributed by atoms with Crippen LogP contribution in [0.15, 0.2) is 59.8 Å². The largest absolute Gasteiger partial charge is 0.466 e. The summed E-state index contributed by atoms with van der Waals surface area (Å²) < 4.78 is 23.7. The van der Waals surface area contributed by atoms with Crippen molar-refractivity contribution in [1.29, 1.82) is 0 Å². The van der Waals surface area contributed by atoms with Crippen molar-refractivity contribution in [1.82, 2.24) is 10.2 Å². The first-order valence-electron chi connectivity index (χ1n) is 13.3. The topological polar surface area (TPSA) is 205 Å². The lowest BCUT2D eigenvalue weighted by Gasteiger charge is -2.46. The van der Waals surface area contributed by atoms with Gasteiger partial charge in [-0.25, -0.2) is 4.79 Å². The van der Waals surface area contributed by atoms with Crippen molar-refractivity contribution >= 4 is 45.9 Å². The molecule has 0 aliphatic carbocycles. The molecule has 1 aliphatic heterocycles. The Hall–Kier alpha value is -4.99. The summed E-state index contributed by atoms with van der Waals surface area (Å²) in [4.78, 5) is 73.4. The van der Waals surface area contributed by atoms with Gasteiger partial charge in [-0.1, -0.05) is 18.2 Å². The van der Waals surface area contributed by atoms with Crippen molar-refractivity contribution in [2.75, 3.05) is 12.4 Å². The Morgan fingerprint density at radius 3 is 2.25 bits per heavy atom. The molecule has 2 amide bonds. The highest BCUT2D eigenvalue weighted by atomic mass is 32.2. The number of allylic oxidation sites excluding steroid dienone is 1. The number of esters is 2. The number of ether oxygens (including phenoxy) is 2. The lowest BCUT2D eigenvalue weighted by Crippen LogP contribution is -2.72. The van der Waals surface area contributed by atoms with Crippen molar-refractivity contribution in [2.24, 2.45) is 0 Å². The minimum absolute atomic E-state index is 0.0958. The molecule has 0 radical (unpaired) electrons. The Balaban J connectivity index is 1.82. The van der Waals surface area contributed by atoms with Gasteiger partial charge in [0.2, 0.25) is 5.91 Å². The van der Waals surface area contributed by atoms with Gasteiger partial charge < -0.3 is 14.8 Å². The zero-order chi connectivity index (χ0) is 32.6. The molecule has 3 atom stereocenters. The van der Waals surface area contributed by atoms with Crippen LogP contribution in [0.2, 0.25) is 0 Å². The van der Waals surface area contributed by atoms with Crippen LogP contribution in [-0.4, -0.2) is 66.5 Å². The number of nitro benzene ring substituents is 2. The van der Waals surface area contributed by atoms with Gasteiger partial charge in [0.15, 0.2) is 0 Å². The first-order chi connectivity index (χ1) is 20.8. The molecule has 1 aliphatic rings. The van der Waals surface area contributed by atoms with Crippen LogP contribution in [0, 0.1) is 20.2 Å². The molecular formula is C28H30N4O11S. The highest BCUT2D eigenvalue weighted by Crippen LogP contribution is 2.31. The van der Waals surface area contributed by atoms with Crippen LogP contribution in [0.5, 0.6) is 0 Å². The third-order valence-electron chi connectivity index (χ3n) is 6.41. The van der Waals surface area contributed by atoms with E-state index in [1.54, 1.807) is 6.92 Å². The van der Waals surface area contributed by atoms with Gasteiger partial charge in [-0.15, -0.1) is 0 Å². The molecule has 3 unspecified atom stereocenters.